The first-order chi connectivity index (χ1) is 2.77. The van der Waals surface area contributed by atoms with Gasteiger partial charge in [0, 0.05) is 6.92 Å². The van der Waals surface area contributed by atoms with Crippen molar-refractivity contribution in [2.75, 3.05) is 0 Å². The Bertz CT molecular complexity index is 106. The molecule has 0 aliphatic heterocycles. The van der Waals surface area contributed by atoms with E-state index in [1.54, 1.807) is 0 Å². The van der Waals surface area contributed by atoms with Crippen molar-refractivity contribution >= 4 is 16.0 Å². The summed E-state index contributed by atoms with van der Waals surface area (Å²) < 4.78 is 0. The van der Waals surface area contributed by atoms with Crippen molar-refractivity contribution in [2.24, 2.45) is 0 Å². The van der Waals surface area contributed by atoms with Crippen LogP contribution in [0.1, 0.15) is 6.92 Å². The van der Waals surface area contributed by atoms with Crippen molar-refractivity contribution in [1.82, 2.24) is 0 Å². The minimum atomic E-state index is -0.0370. The third-order valence-electron chi connectivity index (χ3n) is 0.301. The van der Waals surface area contributed by atoms with E-state index in [1.807, 2.05) is 0 Å². The smallest absolute Gasteiger partial charge is 0.201 e. The van der Waals surface area contributed by atoms with E-state index in [0.717, 1.165) is 10.2 Å². The first kappa shape index (κ1) is 5.45. The van der Waals surface area contributed by atoms with Gasteiger partial charge in [-0.05, 0) is 5.92 Å². The van der Waals surface area contributed by atoms with Crippen LogP contribution in [-0.4, -0.2) is 16.0 Å². The fourth-order valence-corrected chi connectivity index (χ4v) is 0.528. The van der Waals surface area contributed by atoms with Crippen molar-refractivity contribution in [2.45, 2.75) is 6.92 Å². The quantitative estimate of drug-likeness (QED) is 0.278. The van der Waals surface area contributed by atoms with Crippen LogP contribution in [0.2, 0.25) is 0 Å². The second-order valence-electron chi connectivity index (χ2n) is 0.931. The maximum atomic E-state index is 9.89. The number of carbonyl (C=O) groups is 1. The molecule has 0 fully saturated rings. The summed E-state index contributed by atoms with van der Waals surface area (Å²) in [6, 6.07) is 0. The van der Waals surface area contributed by atoms with E-state index < -0.39 is 0 Å². The van der Waals surface area contributed by atoms with E-state index in [9.17, 15) is 4.79 Å². The van der Waals surface area contributed by atoms with E-state index in [2.05, 4.69) is 11.5 Å². The molecule has 2 heteroatoms. The largest absolute Gasteiger partial charge is 0.285 e. The van der Waals surface area contributed by atoms with Crippen LogP contribution in [0.25, 0.3) is 0 Å². The SMILES string of the molecule is CC(=O)C#C[SiH3]. The summed E-state index contributed by atoms with van der Waals surface area (Å²) in [6.07, 6.45) is 0. The Morgan fingerprint density at radius 1 is 1.83 bits per heavy atom. The Balaban J connectivity index is 3.50. The highest BCUT2D eigenvalue weighted by Gasteiger charge is 1.72. The van der Waals surface area contributed by atoms with Crippen LogP contribution < -0.4 is 0 Å². The molecule has 0 aliphatic rings. The van der Waals surface area contributed by atoms with Crippen LogP contribution in [0.5, 0.6) is 0 Å². The Hall–Kier alpha value is -0.553. The number of Topliss-reactive ketones (excluding diaryl/α,β-unsaturated/α-hetero) is 1. The van der Waals surface area contributed by atoms with Crippen LogP contribution in [-0.2, 0) is 4.79 Å². The van der Waals surface area contributed by atoms with Crippen LogP contribution in [0.4, 0.5) is 0 Å². The highest BCUT2D eigenvalue weighted by molar-refractivity contribution is 6.24. The maximum absolute atomic E-state index is 9.89. The molecule has 0 amide bonds. The van der Waals surface area contributed by atoms with Gasteiger partial charge < -0.3 is 0 Å². The lowest BCUT2D eigenvalue weighted by Crippen LogP contribution is -1.78. The topological polar surface area (TPSA) is 17.1 Å². The molecule has 0 aromatic rings. The average molecular weight is 98.2 g/mol. The molecule has 0 saturated heterocycles. The van der Waals surface area contributed by atoms with Crippen molar-refractivity contribution < 1.29 is 4.79 Å². The molecule has 6 heavy (non-hydrogen) atoms. The summed E-state index contributed by atoms with van der Waals surface area (Å²) in [7, 11) is 0.805. The van der Waals surface area contributed by atoms with Gasteiger partial charge in [0.15, 0.2) is 0 Å². The predicted molar refractivity (Wildman–Crippen MR) is 28.4 cm³/mol. The first-order valence-corrected chi connectivity index (χ1v) is 2.70. The minimum absolute atomic E-state index is 0.0370. The van der Waals surface area contributed by atoms with Gasteiger partial charge in [-0.2, -0.15) is 0 Å². The first-order valence-electron chi connectivity index (χ1n) is 1.70. The molecular formula is C4H6OSi. The number of ketones is 1. The molecule has 0 aliphatic carbocycles. The van der Waals surface area contributed by atoms with E-state index in [1.165, 1.54) is 6.92 Å². The number of hydrogen-bond acceptors (Lipinski definition) is 1. The standard InChI is InChI=1S/C4H6OSi/c1-4(5)2-3-6/h1,6H3. The van der Waals surface area contributed by atoms with Crippen molar-refractivity contribution in [3.8, 4) is 11.5 Å². The third kappa shape index (κ3) is 3.45. The second kappa shape index (κ2) is 2.67. The van der Waals surface area contributed by atoms with E-state index >= 15 is 0 Å². The highest BCUT2D eigenvalue weighted by Crippen LogP contribution is 1.55. The van der Waals surface area contributed by atoms with Gasteiger partial charge in [0.1, 0.15) is 0 Å². The summed E-state index contributed by atoms with van der Waals surface area (Å²) >= 11 is 0. The summed E-state index contributed by atoms with van der Waals surface area (Å²) in [5.74, 6) is 2.34. The lowest BCUT2D eigenvalue weighted by Gasteiger charge is -1.62. The Kier molecular flexibility index (Phi) is 2.43. The summed E-state index contributed by atoms with van der Waals surface area (Å²) in [5, 5.41) is 0. The lowest BCUT2D eigenvalue weighted by atomic mass is 10.5. The third-order valence-corrected chi connectivity index (χ3v) is 0.551. The normalized spacial score (nSPS) is 6.17. The molecule has 0 saturated carbocycles. The summed E-state index contributed by atoms with van der Waals surface area (Å²) in [6.45, 7) is 1.46. The molecule has 0 atom stereocenters. The molecule has 0 radical (unpaired) electrons. The molecule has 32 valence electrons. The van der Waals surface area contributed by atoms with Gasteiger partial charge in [-0.15, -0.1) is 5.54 Å². The van der Waals surface area contributed by atoms with Crippen LogP contribution >= 0.6 is 0 Å². The van der Waals surface area contributed by atoms with Crippen LogP contribution in [0.3, 0.4) is 0 Å². The molecule has 0 aromatic heterocycles. The van der Waals surface area contributed by atoms with Crippen LogP contribution in [0.15, 0.2) is 0 Å². The number of carbonyl (C=O) groups excluding carboxylic acids is 1. The van der Waals surface area contributed by atoms with E-state index in [4.69, 9.17) is 0 Å². The fourth-order valence-electron chi connectivity index (χ4n) is 0.176. The summed E-state index contributed by atoms with van der Waals surface area (Å²) in [5.41, 5.74) is 2.61. The zero-order valence-electron chi connectivity index (χ0n) is 3.91. The predicted octanol–water partition coefficient (Wildman–Crippen LogP) is -1.10. The highest BCUT2D eigenvalue weighted by atomic mass is 28.1. The van der Waals surface area contributed by atoms with Gasteiger partial charge in [0.25, 0.3) is 0 Å². The summed E-state index contributed by atoms with van der Waals surface area (Å²) in [4.78, 5) is 9.89. The monoisotopic (exact) mass is 98.0 g/mol. The van der Waals surface area contributed by atoms with Crippen molar-refractivity contribution in [3.63, 3.8) is 0 Å². The molecule has 0 aromatic carbocycles. The maximum Gasteiger partial charge on any atom is 0.201 e. The zero-order chi connectivity index (χ0) is 4.99. The Morgan fingerprint density at radius 3 is 2.33 bits per heavy atom. The Morgan fingerprint density at radius 2 is 2.33 bits per heavy atom. The zero-order valence-corrected chi connectivity index (χ0v) is 5.91. The molecular weight excluding hydrogens is 92.1 g/mol. The lowest BCUT2D eigenvalue weighted by molar-refractivity contribution is -0.111. The molecule has 0 rings (SSSR count). The Labute approximate surface area is 40.2 Å². The molecule has 0 unspecified atom stereocenters. The molecule has 0 N–H and O–H groups in total. The molecule has 1 nitrogen and oxygen atoms in total. The molecule has 0 bridgehead atoms. The van der Waals surface area contributed by atoms with E-state index in [-0.39, 0.29) is 5.78 Å². The molecule has 0 heterocycles. The van der Waals surface area contributed by atoms with Gasteiger partial charge in [0.2, 0.25) is 5.78 Å². The fraction of sp³-hybridized carbons (Fsp3) is 0.250. The van der Waals surface area contributed by atoms with Gasteiger partial charge in [-0.3, -0.25) is 4.79 Å². The van der Waals surface area contributed by atoms with E-state index in [0.29, 0.717) is 0 Å². The van der Waals surface area contributed by atoms with Crippen LogP contribution in [0, 0.1) is 11.5 Å². The number of rotatable bonds is 0. The van der Waals surface area contributed by atoms with Gasteiger partial charge in [0.05, 0.1) is 10.2 Å². The second-order valence-corrected chi connectivity index (χ2v) is 1.43. The number of hydrogen-bond donors (Lipinski definition) is 0. The van der Waals surface area contributed by atoms with Gasteiger partial charge in [-0.25, -0.2) is 0 Å². The van der Waals surface area contributed by atoms with Crippen molar-refractivity contribution in [3.05, 3.63) is 0 Å². The average Bonchev–Trinajstić information content (AvgIpc) is 1.35. The minimum Gasteiger partial charge on any atom is -0.285 e. The van der Waals surface area contributed by atoms with Crippen molar-refractivity contribution in [1.29, 1.82) is 0 Å². The van der Waals surface area contributed by atoms with Gasteiger partial charge in [-0.1, -0.05) is 0 Å². The molecule has 0 spiro atoms. The van der Waals surface area contributed by atoms with Gasteiger partial charge >= 0.3 is 0 Å².